The molecule has 10 heteroatoms. The van der Waals surface area contributed by atoms with Crippen molar-refractivity contribution in [3.05, 3.63) is 40.8 Å². The summed E-state index contributed by atoms with van der Waals surface area (Å²) in [5, 5.41) is 13.2. The molecule has 0 aliphatic carbocycles. The van der Waals surface area contributed by atoms with Crippen LogP contribution in [0.4, 0.5) is 24.9 Å². The van der Waals surface area contributed by atoms with Crippen molar-refractivity contribution in [3.8, 4) is 0 Å². The maximum Gasteiger partial charge on any atom is 0.225 e. The second-order valence-corrected chi connectivity index (χ2v) is 6.64. The third-order valence-electron chi connectivity index (χ3n) is 4.23. The Morgan fingerprint density at radius 1 is 1.07 bits per heavy atom. The fourth-order valence-electron chi connectivity index (χ4n) is 2.71. The SMILES string of the molecule is CC(C)c1[nH]nc2c(NCc3ccc(F)c(F)c3F)nc(NCCCN)nc12. The van der Waals surface area contributed by atoms with Crippen molar-refractivity contribution in [2.24, 2.45) is 5.73 Å². The topological polar surface area (TPSA) is 105 Å². The smallest absolute Gasteiger partial charge is 0.225 e. The van der Waals surface area contributed by atoms with E-state index in [9.17, 15) is 13.2 Å². The highest BCUT2D eigenvalue weighted by molar-refractivity contribution is 5.88. The predicted molar refractivity (Wildman–Crippen MR) is 102 cm³/mol. The van der Waals surface area contributed by atoms with Gasteiger partial charge in [0.2, 0.25) is 5.95 Å². The fraction of sp³-hybridized carbons (Fsp3) is 0.389. The van der Waals surface area contributed by atoms with Crippen LogP contribution in [0.25, 0.3) is 11.0 Å². The van der Waals surface area contributed by atoms with Gasteiger partial charge in [0.05, 0.1) is 5.69 Å². The summed E-state index contributed by atoms with van der Waals surface area (Å²) in [7, 11) is 0. The van der Waals surface area contributed by atoms with Gasteiger partial charge in [0.25, 0.3) is 0 Å². The van der Waals surface area contributed by atoms with E-state index in [2.05, 4.69) is 30.8 Å². The Morgan fingerprint density at radius 2 is 1.86 bits per heavy atom. The molecular formula is C18H22F3N7. The first-order valence-corrected chi connectivity index (χ1v) is 8.98. The van der Waals surface area contributed by atoms with E-state index in [1.807, 2.05) is 13.8 Å². The van der Waals surface area contributed by atoms with Crippen LogP contribution in [0.3, 0.4) is 0 Å². The molecule has 0 aliphatic heterocycles. The molecule has 0 spiro atoms. The first-order chi connectivity index (χ1) is 13.4. The van der Waals surface area contributed by atoms with Crippen LogP contribution in [0.1, 0.15) is 37.4 Å². The number of aromatic nitrogens is 4. The third kappa shape index (κ3) is 4.01. The Hall–Kier alpha value is -2.88. The number of hydrogen-bond donors (Lipinski definition) is 4. The molecule has 3 aromatic rings. The number of aromatic amines is 1. The van der Waals surface area contributed by atoms with Gasteiger partial charge in [-0.3, -0.25) is 5.10 Å². The molecule has 0 saturated carbocycles. The summed E-state index contributed by atoms with van der Waals surface area (Å²) in [4.78, 5) is 8.89. The number of hydrogen-bond acceptors (Lipinski definition) is 6. The lowest BCUT2D eigenvalue weighted by atomic mass is 10.1. The molecule has 0 fully saturated rings. The van der Waals surface area contributed by atoms with Crippen molar-refractivity contribution in [1.82, 2.24) is 20.2 Å². The van der Waals surface area contributed by atoms with E-state index in [0.717, 1.165) is 18.2 Å². The minimum Gasteiger partial charge on any atom is -0.364 e. The summed E-state index contributed by atoms with van der Waals surface area (Å²) in [5.41, 5.74) is 7.43. The number of nitrogens with zero attached hydrogens (tertiary/aromatic N) is 3. The summed E-state index contributed by atoms with van der Waals surface area (Å²) in [6, 6.07) is 2.07. The fourth-order valence-corrected chi connectivity index (χ4v) is 2.71. The minimum absolute atomic E-state index is 0.0251. The van der Waals surface area contributed by atoms with Gasteiger partial charge in [0.15, 0.2) is 28.8 Å². The van der Waals surface area contributed by atoms with Gasteiger partial charge in [-0.1, -0.05) is 19.9 Å². The number of fused-ring (bicyclic) bond motifs is 1. The lowest BCUT2D eigenvalue weighted by Gasteiger charge is -2.11. The molecule has 28 heavy (non-hydrogen) atoms. The minimum atomic E-state index is -1.50. The highest BCUT2D eigenvalue weighted by atomic mass is 19.2. The molecule has 0 radical (unpaired) electrons. The Labute approximate surface area is 159 Å². The van der Waals surface area contributed by atoms with Gasteiger partial charge in [-0.05, 0) is 24.9 Å². The first-order valence-electron chi connectivity index (χ1n) is 8.98. The Morgan fingerprint density at radius 3 is 2.57 bits per heavy atom. The van der Waals surface area contributed by atoms with Gasteiger partial charge in [-0.15, -0.1) is 0 Å². The van der Waals surface area contributed by atoms with Crippen molar-refractivity contribution >= 4 is 22.8 Å². The molecule has 0 amide bonds. The number of rotatable bonds is 8. The first kappa shape index (κ1) is 19.9. The number of anilines is 2. The van der Waals surface area contributed by atoms with E-state index in [0.29, 0.717) is 35.9 Å². The summed E-state index contributed by atoms with van der Waals surface area (Å²) in [6.45, 7) is 5.02. The second-order valence-electron chi connectivity index (χ2n) is 6.64. The van der Waals surface area contributed by atoms with Crippen molar-refractivity contribution in [3.63, 3.8) is 0 Å². The molecule has 5 N–H and O–H groups in total. The maximum atomic E-state index is 13.9. The number of nitrogens with two attached hydrogens (primary N) is 1. The van der Waals surface area contributed by atoms with Crippen LogP contribution in [0, 0.1) is 17.5 Å². The molecular weight excluding hydrogens is 371 g/mol. The second kappa shape index (κ2) is 8.42. The molecule has 3 rings (SSSR count). The van der Waals surface area contributed by atoms with Gasteiger partial charge in [-0.2, -0.15) is 10.1 Å². The van der Waals surface area contributed by atoms with Crippen LogP contribution in [-0.2, 0) is 6.54 Å². The number of nitrogens with one attached hydrogen (secondary N) is 3. The van der Waals surface area contributed by atoms with Crippen LogP contribution in [-0.4, -0.2) is 33.3 Å². The van der Waals surface area contributed by atoms with Gasteiger partial charge >= 0.3 is 0 Å². The van der Waals surface area contributed by atoms with Crippen molar-refractivity contribution < 1.29 is 13.2 Å². The zero-order valence-electron chi connectivity index (χ0n) is 15.6. The number of benzene rings is 1. The van der Waals surface area contributed by atoms with E-state index >= 15 is 0 Å². The molecule has 0 unspecified atom stereocenters. The molecule has 0 saturated heterocycles. The Bertz CT molecular complexity index is 971. The van der Waals surface area contributed by atoms with Crippen molar-refractivity contribution in [2.75, 3.05) is 23.7 Å². The standard InChI is InChI=1S/C18H22F3N7/c1-9(2)14-15-16(28-27-14)17(26-18(25-15)23-7-3-6-22)24-8-10-4-5-11(19)13(21)12(10)20/h4-5,9H,3,6-8,22H2,1-2H3,(H,27,28)(H2,23,24,25,26). The van der Waals surface area contributed by atoms with Gasteiger partial charge in [-0.25, -0.2) is 18.2 Å². The van der Waals surface area contributed by atoms with Crippen LogP contribution in [0.15, 0.2) is 12.1 Å². The summed E-state index contributed by atoms with van der Waals surface area (Å²) >= 11 is 0. The van der Waals surface area contributed by atoms with Crippen molar-refractivity contribution in [1.29, 1.82) is 0 Å². The van der Waals surface area contributed by atoms with Crippen LogP contribution in [0.5, 0.6) is 0 Å². The zero-order valence-corrected chi connectivity index (χ0v) is 15.6. The lowest BCUT2D eigenvalue weighted by Crippen LogP contribution is -2.12. The maximum absolute atomic E-state index is 13.9. The molecule has 2 heterocycles. The molecule has 0 atom stereocenters. The van der Waals surface area contributed by atoms with Crippen LogP contribution >= 0.6 is 0 Å². The van der Waals surface area contributed by atoms with E-state index in [1.165, 1.54) is 6.07 Å². The quantitative estimate of drug-likeness (QED) is 0.346. The molecule has 1 aromatic carbocycles. The van der Waals surface area contributed by atoms with E-state index in [4.69, 9.17) is 5.73 Å². The zero-order chi connectivity index (χ0) is 20.3. The molecule has 0 bridgehead atoms. The average Bonchev–Trinajstić information content (AvgIpc) is 3.10. The summed E-state index contributed by atoms with van der Waals surface area (Å²) in [6.07, 6.45) is 0.743. The van der Waals surface area contributed by atoms with Gasteiger partial charge in [0.1, 0.15) is 5.52 Å². The van der Waals surface area contributed by atoms with E-state index < -0.39 is 17.5 Å². The highest BCUT2D eigenvalue weighted by Crippen LogP contribution is 2.27. The van der Waals surface area contributed by atoms with Gasteiger partial charge < -0.3 is 16.4 Å². The lowest BCUT2D eigenvalue weighted by molar-refractivity contribution is 0.442. The Kier molecular flexibility index (Phi) is 5.98. The molecule has 7 nitrogen and oxygen atoms in total. The number of halogens is 3. The predicted octanol–water partition coefficient (Wildman–Crippen LogP) is 3.27. The molecule has 2 aromatic heterocycles. The van der Waals surface area contributed by atoms with Crippen molar-refractivity contribution in [2.45, 2.75) is 32.7 Å². The molecule has 0 aliphatic rings. The highest BCUT2D eigenvalue weighted by Gasteiger charge is 2.18. The van der Waals surface area contributed by atoms with E-state index in [-0.39, 0.29) is 18.0 Å². The monoisotopic (exact) mass is 393 g/mol. The Balaban J connectivity index is 1.93. The van der Waals surface area contributed by atoms with Crippen LogP contribution in [0.2, 0.25) is 0 Å². The largest absolute Gasteiger partial charge is 0.364 e. The third-order valence-corrected chi connectivity index (χ3v) is 4.23. The molecule has 150 valence electrons. The van der Waals surface area contributed by atoms with Gasteiger partial charge in [0, 0.05) is 18.7 Å². The summed E-state index contributed by atoms with van der Waals surface area (Å²) in [5.74, 6) is -3.09. The summed E-state index contributed by atoms with van der Waals surface area (Å²) < 4.78 is 40.5. The number of H-pyrrole nitrogens is 1. The average molecular weight is 393 g/mol. The van der Waals surface area contributed by atoms with E-state index in [1.54, 1.807) is 0 Å². The normalized spacial score (nSPS) is 11.4. The van der Waals surface area contributed by atoms with Crippen LogP contribution < -0.4 is 16.4 Å².